The quantitative estimate of drug-likeness (QED) is 0.826. The summed E-state index contributed by atoms with van der Waals surface area (Å²) in [5, 5.41) is 3.55. The van der Waals surface area contributed by atoms with Gasteiger partial charge in [-0.15, -0.1) is 11.3 Å². The van der Waals surface area contributed by atoms with Crippen molar-refractivity contribution in [3.05, 3.63) is 35.3 Å². The highest BCUT2D eigenvalue weighted by molar-refractivity contribution is 7.19. The minimum atomic E-state index is -0.0817. The Morgan fingerprint density at radius 2 is 2.31 bits per heavy atom. The number of likely N-dealkylation sites (N-methyl/N-ethyl adjacent to an activating group) is 1. The average molecular weight is 232 g/mol. The normalized spacial score (nSPS) is 11.1. The van der Waals surface area contributed by atoms with E-state index in [1.165, 1.54) is 6.08 Å². The molecule has 0 unspecified atom stereocenters. The zero-order chi connectivity index (χ0) is 11.4. The van der Waals surface area contributed by atoms with Crippen molar-refractivity contribution < 1.29 is 4.79 Å². The van der Waals surface area contributed by atoms with Crippen LogP contribution in [0.1, 0.15) is 11.9 Å². The number of carbonyl (C=O) groups excluding carboxylic acids is 1. The maximum atomic E-state index is 11.2. The lowest BCUT2D eigenvalue weighted by atomic mass is 10.3. The lowest BCUT2D eigenvalue weighted by Gasteiger charge is -1.92. The van der Waals surface area contributed by atoms with Crippen LogP contribution in [-0.4, -0.2) is 17.4 Å². The molecule has 1 amide bonds. The third-order valence-corrected chi connectivity index (χ3v) is 3.04. The van der Waals surface area contributed by atoms with Crippen LogP contribution in [0.4, 0.5) is 0 Å². The fourth-order valence-electron chi connectivity index (χ4n) is 1.34. The molecule has 1 aromatic heterocycles. The molecule has 0 saturated heterocycles. The van der Waals surface area contributed by atoms with E-state index in [1.54, 1.807) is 17.4 Å². The largest absolute Gasteiger partial charge is 0.353 e. The topological polar surface area (TPSA) is 42.0 Å². The van der Waals surface area contributed by atoms with E-state index >= 15 is 0 Å². The Balaban J connectivity index is 2.18. The van der Waals surface area contributed by atoms with Gasteiger partial charge in [-0.25, -0.2) is 4.98 Å². The van der Waals surface area contributed by atoms with Gasteiger partial charge in [0.05, 0.1) is 10.2 Å². The standard InChI is InChI=1S/C12H12N2OS/c1-2-13-11(15)7-8-12-14-9-5-3-4-6-10(9)16-12/h3-8H,2H2,1H3,(H,13,15)/b8-7-. The van der Waals surface area contributed by atoms with Gasteiger partial charge in [-0.3, -0.25) is 4.79 Å². The summed E-state index contributed by atoms with van der Waals surface area (Å²) in [5.41, 5.74) is 0.975. The van der Waals surface area contributed by atoms with Gasteiger partial charge >= 0.3 is 0 Å². The number of aromatic nitrogens is 1. The molecule has 0 spiro atoms. The van der Waals surface area contributed by atoms with Crippen molar-refractivity contribution in [3.8, 4) is 0 Å². The molecule has 0 aliphatic rings. The van der Waals surface area contributed by atoms with Crippen molar-refractivity contribution in [1.82, 2.24) is 10.3 Å². The molecule has 0 radical (unpaired) electrons. The SMILES string of the molecule is CCNC(=O)/C=C\c1nc2ccccc2s1. The molecule has 16 heavy (non-hydrogen) atoms. The molecular weight excluding hydrogens is 220 g/mol. The monoisotopic (exact) mass is 232 g/mol. The highest BCUT2D eigenvalue weighted by atomic mass is 32.1. The summed E-state index contributed by atoms with van der Waals surface area (Å²) >= 11 is 1.58. The number of carbonyl (C=O) groups is 1. The number of fused-ring (bicyclic) bond motifs is 1. The van der Waals surface area contributed by atoms with Gasteiger partial charge in [0.25, 0.3) is 0 Å². The molecular formula is C12H12N2OS. The first-order valence-corrected chi connectivity index (χ1v) is 5.92. The lowest BCUT2D eigenvalue weighted by Crippen LogP contribution is -2.19. The highest BCUT2D eigenvalue weighted by Crippen LogP contribution is 2.22. The van der Waals surface area contributed by atoms with Crippen LogP contribution in [-0.2, 0) is 4.79 Å². The predicted molar refractivity (Wildman–Crippen MR) is 67.3 cm³/mol. The average Bonchev–Trinajstić information content (AvgIpc) is 2.69. The van der Waals surface area contributed by atoms with Crippen molar-refractivity contribution in [3.63, 3.8) is 0 Å². The summed E-state index contributed by atoms with van der Waals surface area (Å²) in [6, 6.07) is 7.93. The van der Waals surface area contributed by atoms with E-state index in [1.807, 2.05) is 31.2 Å². The van der Waals surface area contributed by atoms with Crippen LogP contribution in [0.25, 0.3) is 16.3 Å². The maximum Gasteiger partial charge on any atom is 0.244 e. The first kappa shape index (κ1) is 10.8. The first-order valence-electron chi connectivity index (χ1n) is 5.11. The molecule has 0 atom stereocenters. The third kappa shape index (κ3) is 2.46. The Hall–Kier alpha value is -1.68. The minimum absolute atomic E-state index is 0.0817. The van der Waals surface area contributed by atoms with E-state index in [0.29, 0.717) is 6.54 Å². The van der Waals surface area contributed by atoms with Gasteiger partial charge in [0.15, 0.2) is 0 Å². The summed E-state index contributed by atoms with van der Waals surface area (Å²) in [7, 11) is 0. The predicted octanol–water partition coefficient (Wildman–Crippen LogP) is 2.45. The van der Waals surface area contributed by atoms with E-state index < -0.39 is 0 Å². The lowest BCUT2D eigenvalue weighted by molar-refractivity contribution is -0.116. The van der Waals surface area contributed by atoms with Gasteiger partial charge in [-0.1, -0.05) is 12.1 Å². The van der Waals surface area contributed by atoms with E-state index in [9.17, 15) is 4.79 Å². The van der Waals surface area contributed by atoms with Crippen molar-refractivity contribution >= 4 is 33.5 Å². The van der Waals surface area contributed by atoms with E-state index in [4.69, 9.17) is 0 Å². The van der Waals surface area contributed by atoms with Gasteiger partial charge in [0, 0.05) is 12.6 Å². The molecule has 0 saturated carbocycles. The number of hydrogen-bond acceptors (Lipinski definition) is 3. The smallest absolute Gasteiger partial charge is 0.244 e. The second-order valence-corrected chi connectivity index (χ2v) is 4.31. The zero-order valence-electron chi connectivity index (χ0n) is 8.93. The van der Waals surface area contributed by atoms with E-state index in [0.717, 1.165) is 15.2 Å². The molecule has 1 N–H and O–H groups in total. The Morgan fingerprint density at radius 1 is 1.50 bits per heavy atom. The zero-order valence-corrected chi connectivity index (χ0v) is 9.75. The van der Waals surface area contributed by atoms with Crippen molar-refractivity contribution in [2.75, 3.05) is 6.54 Å². The van der Waals surface area contributed by atoms with Gasteiger partial charge in [0.2, 0.25) is 5.91 Å². The summed E-state index contributed by atoms with van der Waals surface area (Å²) in [5.74, 6) is -0.0817. The molecule has 4 heteroatoms. The van der Waals surface area contributed by atoms with Crippen LogP contribution in [0.5, 0.6) is 0 Å². The van der Waals surface area contributed by atoms with Gasteiger partial charge in [-0.05, 0) is 25.1 Å². The van der Waals surface area contributed by atoms with Crippen molar-refractivity contribution in [2.24, 2.45) is 0 Å². The number of hydrogen-bond donors (Lipinski definition) is 1. The Bertz CT molecular complexity index is 498. The van der Waals surface area contributed by atoms with Crippen LogP contribution in [0.15, 0.2) is 30.3 Å². The summed E-state index contributed by atoms with van der Waals surface area (Å²) in [6.45, 7) is 2.53. The van der Waals surface area contributed by atoms with E-state index in [2.05, 4.69) is 10.3 Å². The summed E-state index contributed by atoms with van der Waals surface area (Å²) in [6.07, 6.45) is 3.26. The minimum Gasteiger partial charge on any atom is -0.353 e. The number of benzene rings is 1. The van der Waals surface area contributed by atoms with Gasteiger partial charge in [0.1, 0.15) is 5.01 Å². The number of para-hydroxylation sites is 1. The molecule has 1 aromatic carbocycles. The molecule has 0 aliphatic heterocycles. The van der Waals surface area contributed by atoms with Crippen LogP contribution >= 0.6 is 11.3 Å². The molecule has 0 aliphatic carbocycles. The fourth-order valence-corrected chi connectivity index (χ4v) is 2.21. The number of nitrogens with zero attached hydrogens (tertiary/aromatic N) is 1. The number of nitrogens with one attached hydrogen (secondary N) is 1. The van der Waals surface area contributed by atoms with Crippen LogP contribution in [0.3, 0.4) is 0 Å². The molecule has 2 aromatic rings. The van der Waals surface area contributed by atoms with Crippen LogP contribution < -0.4 is 5.32 Å². The molecule has 0 bridgehead atoms. The molecule has 1 heterocycles. The Labute approximate surface area is 97.8 Å². The Morgan fingerprint density at radius 3 is 3.06 bits per heavy atom. The third-order valence-electron chi connectivity index (χ3n) is 2.04. The number of amides is 1. The second-order valence-electron chi connectivity index (χ2n) is 3.25. The highest BCUT2D eigenvalue weighted by Gasteiger charge is 1.99. The van der Waals surface area contributed by atoms with Gasteiger partial charge in [-0.2, -0.15) is 0 Å². The first-order chi connectivity index (χ1) is 7.79. The number of thiazole rings is 1. The van der Waals surface area contributed by atoms with E-state index in [-0.39, 0.29) is 5.91 Å². The van der Waals surface area contributed by atoms with Crippen molar-refractivity contribution in [2.45, 2.75) is 6.92 Å². The molecule has 2 rings (SSSR count). The van der Waals surface area contributed by atoms with Crippen molar-refractivity contribution in [1.29, 1.82) is 0 Å². The van der Waals surface area contributed by atoms with Crippen LogP contribution in [0.2, 0.25) is 0 Å². The second kappa shape index (κ2) is 4.90. The number of rotatable bonds is 3. The summed E-state index contributed by atoms with van der Waals surface area (Å²) in [4.78, 5) is 15.6. The molecule has 0 fully saturated rings. The summed E-state index contributed by atoms with van der Waals surface area (Å²) < 4.78 is 1.14. The maximum absolute atomic E-state index is 11.2. The molecule has 82 valence electrons. The van der Waals surface area contributed by atoms with Crippen LogP contribution in [0, 0.1) is 0 Å². The molecule has 3 nitrogen and oxygen atoms in total. The fraction of sp³-hybridized carbons (Fsp3) is 0.167. The van der Waals surface area contributed by atoms with Gasteiger partial charge < -0.3 is 5.32 Å². The Kier molecular flexibility index (Phi) is 3.31.